The molecule has 29 heavy (non-hydrogen) atoms. The number of fused-ring (bicyclic) bond motifs is 5. The summed E-state index contributed by atoms with van der Waals surface area (Å²) in [5.41, 5.74) is 2.44. The molecule has 4 aliphatic rings. The Kier molecular flexibility index (Phi) is 5.75. The highest BCUT2D eigenvalue weighted by Crippen LogP contribution is 2.64. The molecule has 4 aliphatic carbocycles. The molecular formula is C23H37N3O3. The lowest BCUT2D eigenvalue weighted by molar-refractivity contribution is -0.133. The lowest BCUT2D eigenvalue weighted by Gasteiger charge is -2.59. The van der Waals surface area contributed by atoms with Gasteiger partial charge in [-0.3, -0.25) is 4.79 Å². The molecule has 0 radical (unpaired) electrons. The number of Topliss-reactive ketones (excluding diaryl/α,β-unsaturated/α-hetero) is 1. The molecule has 6 nitrogen and oxygen atoms in total. The number of nitrogens with zero attached hydrogens (tertiary/aromatic N) is 2. The summed E-state index contributed by atoms with van der Waals surface area (Å²) in [5, 5.41) is 12.1. The number of nitrogens with one attached hydrogen (secondary N) is 1. The minimum absolute atomic E-state index is 0.106. The molecular weight excluding hydrogens is 366 g/mol. The smallest absolute Gasteiger partial charge is 0.139 e. The van der Waals surface area contributed by atoms with Gasteiger partial charge in [0, 0.05) is 24.3 Å². The van der Waals surface area contributed by atoms with E-state index < -0.39 is 0 Å². The summed E-state index contributed by atoms with van der Waals surface area (Å²) in [4.78, 5) is 23.5. The van der Waals surface area contributed by atoms with Crippen LogP contribution in [0.3, 0.4) is 0 Å². The van der Waals surface area contributed by atoms with Crippen molar-refractivity contribution in [3.8, 4) is 0 Å². The number of carbonyl (C=O) groups is 1. The second kappa shape index (κ2) is 8.01. The lowest BCUT2D eigenvalue weighted by atomic mass is 9.45. The number of likely N-dealkylation sites (N-methyl/N-ethyl adjacent to an activating group) is 1. The highest BCUT2D eigenvalue weighted by Gasteiger charge is 2.61. The monoisotopic (exact) mass is 403 g/mol. The van der Waals surface area contributed by atoms with E-state index in [1.807, 2.05) is 7.05 Å². The quantitative estimate of drug-likeness (QED) is 0.560. The summed E-state index contributed by atoms with van der Waals surface area (Å²) in [6.45, 7) is 6.10. The first-order chi connectivity index (χ1) is 13.9. The van der Waals surface area contributed by atoms with Crippen LogP contribution in [-0.4, -0.2) is 44.5 Å². The third-order valence-corrected chi connectivity index (χ3v) is 8.87. The molecule has 4 rings (SSSR count). The van der Waals surface area contributed by atoms with Crippen LogP contribution in [0.2, 0.25) is 0 Å². The molecule has 0 aromatic rings. The van der Waals surface area contributed by atoms with Crippen LogP contribution in [0.4, 0.5) is 0 Å². The van der Waals surface area contributed by atoms with Gasteiger partial charge in [0.1, 0.15) is 19.5 Å². The maximum atomic E-state index is 12.7. The molecule has 6 atom stereocenters. The van der Waals surface area contributed by atoms with Gasteiger partial charge in [-0.05, 0) is 75.2 Å². The van der Waals surface area contributed by atoms with Gasteiger partial charge in [-0.25, -0.2) is 0 Å². The van der Waals surface area contributed by atoms with Gasteiger partial charge in [0.2, 0.25) is 0 Å². The summed E-state index contributed by atoms with van der Waals surface area (Å²) in [5.74, 6) is 2.59. The van der Waals surface area contributed by atoms with E-state index in [0.717, 1.165) is 57.2 Å². The number of oxime groups is 2. The highest BCUT2D eigenvalue weighted by atomic mass is 16.6. The molecule has 0 saturated heterocycles. The normalized spacial score (nSPS) is 44.3. The molecule has 0 bridgehead atoms. The Morgan fingerprint density at radius 3 is 2.69 bits per heavy atom. The minimum Gasteiger partial charge on any atom is -0.399 e. The van der Waals surface area contributed by atoms with Gasteiger partial charge >= 0.3 is 0 Å². The van der Waals surface area contributed by atoms with Gasteiger partial charge in [0.05, 0.1) is 11.4 Å². The average molecular weight is 404 g/mol. The molecule has 0 amide bonds. The fraction of sp³-hybridized carbons (Fsp3) is 0.870. The van der Waals surface area contributed by atoms with E-state index in [0.29, 0.717) is 36.1 Å². The Morgan fingerprint density at radius 2 is 1.93 bits per heavy atom. The maximum absolute atomic E-state index is 12.7. The highest BCUT2D eigenvalue weighted by molar-refractivity contribution is 5.96. The van der Waals surface area contributed by atoms with E-state index >= 15 is 0 Å². The van der Waals surface area contributed by atoms with E-state index in [2.05, 4.69) is 29.5 Å². The largest absolute Gasteiger partial charge is 0.399 e. The van der Waals surface area contributed by atoms with E-state index in [-0.39, 0.29) is 10.8 Å². The molecule has 0 aromatic carbocycles. The van der Waals surface area contributed by atoms with Gasteiger partial charge in [0.15, 0.2) is 0 Å². The summed E-state index contributed by atoms with van der Waals surface area (Å²) in [6, 6.07) is 0. The molecule has 1 N–H and O–H groups in total. The van der Waals surface area contributed by atoms with Crippen molar-refractivity contribution in [2.75, 3.05) is 27.3 Å². The van der Waals surface area contributed by atoms with Crippen LogP contribution in [-0.2, 0) is 14.5 Å². The number of ketones is 1. The van der Waals surface area contributed by atoms with E-state index in [1.54, 1.807) is 7.11 Å². The molecule has 0 aliphatic heterocycles. The molecule has 0 spiro atoms. The fourth-order valence-electron chi connectivity index (χ4n) is 7.23. The van der Waals surface area contributed by atoms with Crippen LogP contribution in [0, 0.1) is 34.5 Å². The third kappa shape index (κ3) is 3.41. The lowest BCUT2D eigenvalue weighted by Crippen LogP contribution is -2.56. The molecule has 6 heteroatoms. The minimum atomic E-state index is -0.106. The van der Waals surface area contributed by atoms with Crippen molar-refractivity contribution < 1.29 is 14.5 Å². The van der Waals surface area contributed by atoms with Crippen LogP contribution >= 0.6 is 0 Å². The van der Waals surface area contributed by atoms with Crippen molar-refractivity contribution in [2.24, 2.45) is 44.8 Å². The first-order valence-electron chi connectivity index (χ1n) is 11.4. The summed E-state index contributed by atoms with van der Waals surface area (Å²) in [7, 11) is 3.57. The van der Waals surface area contributed by atoms with Crippen molar-refractivity contribution in [3.05, 3.63) is 0 Å². The predicted molar refractivity (Wildman–Crippen MR) is 114 cm³/mol. The predicted octanol–water partition coefficient (Wildman–Crippen LogP) is 3.80. The zero-order chi connectivity index (χ0) is 20.6. The van der Waals surface area contributed by atoms with Gasteiger partial charge < -0.3 is 15.0 Å². The van der Waals surface area contributed by atoms with Crippen molar-refractivity contribution >= 4 is 17.2 Å². The number of hydrogen-bond donors (Lipinski definition) is 1. The van der Waals surface area contributed by atoms with Crippen LogP contribution < -0.4 is 5.32 Å². The van der Waals surface area contributed by atoms with Gasteiger partial charge in [-0.15, -0.1) is 0 Å². The average Bonchev–Trinajstić information content (AvgIpc) is 3.01. The topological polar surface area (TPSA) is 72.3 Å². The Labute approximate surface area is 174 Å². The first-order valence-corrected chi connectivity index (χ1v) is 11.4. The van der Waals surface area contributed by atoms with Crippen molar-refractivity contribution in [1.82, 2.24) is 5.32 Å². The van der Waals surface area contributed by atoms with Crippen molar-refractivity contribution in [2.45, 2.75) is 65.2 Å². The third-order valence-electron chi connectivity index (χ3n) is 8.87. The second-order valence-electron chi connectivity index (χ2n) is 10.1. The second-order valence-corrected chi connectivity index (χ2v) is 10.1. The van der Waals surface area contributed by atoms with Crippen molar-refractivity contribution in [3.63, 3.8) is 0 Å². The molecule has 4 fully saturated rings. The zero-order valence-electron chi connectivity index (χ0n) is 18.5. The number of carbonyl (C=O) groups excluding carboxylic acids is 1. The zero-order valence-corrected chi connectivity index (χ0v) is 18.5. The van der Waals surface area contributed by atoms with Crippen LogP contribution in [0.25, 0.3) is 0 Å². The SMILES string of the molecule is CNCCON=C1CC[C@@]2(C)C(C1)/C(=N/OC)C[C@@H]1[C@@H]2CC[C@]2(C)C(=O)CC[C@@H]12. The molecule has 1 unspecified atom stereocenters. The van der Waals surface area contributed by atoms with Gasteiger partial charge in [-0.2, -0.15) is 0 Å². The van der Waals surface area contributed by atoms with Crippen molar-refractivity contribution in [1.29, 1.82) is 0 Å². The van der Waals surface area contributed by atoms with Crippen LogP contribution in [0.5, 0.6) is 0 Å². The first kappa shape index (κ1) is 20.8. The summed E-state index contributed by atoms with van der Waals surface area (Å²) < 4.78 is 0. The van der Waals surface area contributed by atoms with E-state index in [4.69, 9.17) is 9.68 Å². The molecule has 162 valence electrons. The fourth-order valence-corrected chi connectivity index (χ4v) is 7.23. The van der Waals surface area contributed by atoms with E-state index in [9.17, 15) is 4.79 Å². The molecule has 0 heterocycles. The Bertz CT molecular complexity index is 705. The standard InChI is InChI=1S/C23H37N3O3/c1-22-9-7-15(25-29-12-11-24-3)13-19(22)20(26-28-4)14-16-17-5-6-21(27)23(17,2)10-8-18(16)22/h16-19,24H,5-14H2,1-4H3/b25-15?,26-20+/t16-,17-,18-,19?,22+,23-/m0/s1. The summed E-state index contributed by atoms with van der Waals surface area (Å²) in [6.07, 6.45) is 8.06. The number of rotatable bonds is 5. The number of hydrogen-bond acceptors (Lipinski definition) is 6. The Hall–Kier alpha value is -1.43. The maximum Gasteiger partial charge on any atom is 0.139 e. The van der Waals surface area contributed by atoms with Gasteiger partial charge in [0.25, 0.3) is 0 Å². The van der Waals surface area contributed by atoms with E-state index in [1.165, 1.54) is 12.1 Å². The molecule has 4 saturated carbocycles. The van der Waals surface area contributed by atoms with Crippen LogP contribution in [0.1, 0.15) is 65.2 Å². The van der Waals surface area contributed by atoms with Crippen LogP contribution in [0.15, 0.2) is 10.3 Å². The Morgan fingerprint density at radius 1 is 1.10 bits per heavy atom. The Balaban J connectivity index is 1.59. The van der Waals surface area contributed by atoms with Gasteiger partial charge in [-0.1, -0.05) is 24.2 Å². The molecule has 0 aromatic heterocycles. The summed E-state index contributed by atoms with van der Waals surface area (Å²) >= 11 is 0.